The molecule has 0 radical (unpaired) electrons. The van der Waals surface area contributed by atoms with Crippen LogP contribution in [-0.4, -0.2) is 18.7 Å². The first kappa shape index (κ1) is 6.96. The number of methoxy groups -OCH3 is 1. The van der Waals surface area contributed by atoms with Crippen molar-refractivity contribution in [3.8, 4) is 0 Å². The highest BCUT2D eigenvalue weighted by atomic mass is 32.1. The average Bonchev–Trinajstić information content (AvgIpc) is 2.49. The van der Waals surface area contributed by atoms with Crippen molar-refractivity contribution in [1.29, 1.82) is 0 Å². The van der Waals surface area contributed by atoms with Gasteiger partial charge in [-0.2, -0.15) is 0 Å². The maximum atomic E-state index is 5.47. The van der Waals surface area contributed by atoms with Gasteiger partial charge in [0.15, 0.2) is 0 Å². The quantitative estimate of drug-likeness (QED) is 0.594. The molecule has 1 fully saturated rings. The van der Waals surface area contributed by atoms with Crippen LogP contribution in [0.5, 0.6) is 0 Å². The van der Waals surface area contributed by atoms with Crippen LogP contribution in [0, 0.1) is 5.41 Å². The molecule has 3 heteroatoms. The second kappa shape index (κ2) is 2.23. The van der Waals surface area contributed by atoms with Crippen LogP contribution in [0.15, 0.2) is 0 Å². The Balaban J connectivity index is 2.43. The van der Waals surface area contributed by atoms with E-state index in [0.717, 1.165) is 12.8 Å². The highest BCUT2D eigenvalue weighted by Crippen LogP contribution is 2.45. The van der Waals surface area contributed by atoms with E-state index in [0.29, 0.717) is 11.6 Å². The van der Waals surface area contributed by atoms with E-state index in [2.05, 4.69) is 0 Å². The van der Waals surface area contributed by atoms with Gasteiger partial charge in [0, 0.05) is 12.5 Å². The predicted molar refractivity (Wildman–Crippen MR) is 40.3 cm³/mol. The Morgan fingerprint density at radius 1 is 1.78 bits per heavy atom. The highest BCUT2D eigenvalue weighted by Gasteiger charge is 2.45. The van der Waals surface area contributed by atoms with E-state index < -0.39 is 0 Å². The average molecular weight is 145 g/mol. The van der Waals surface area contributed by atoms with E-state index in [1.54, 1.807) is 7.11 Å². The van der Waals surface area contributed by atoms with E-state index in [4.69, 9.17) is 22.7 Å². The second-order valence-electron chi connectivity index (χ2n) is 2.58. The Hall–Kier alpha value is -0.150. The fourth-order valence-corrected chi connectivity index (χ4v) is 1.15. The Morgan fingerprint density at radius 3 is 2.44 bits per heavy atom. The molecule has 0 aromatic rings. The summed E-state index contributed by atoms with van der Waals surface area (Å²) in [4.78, 5) is 0.615. The van der Waals surface area contributed by atoms with Crippen molar-refractivity contribution in [2.45, 2.75) is 12.8 Å². The Labute approximate surface area is 60.4 Å². The summed E-state index contributed by atoms with van der Waals surface area (Å²) < 4.78 is 4.96. The van der Waals surface area contributed by atoms with Crippen molar-refractivity contribution in [1.82, 2.24) is 0 Å². The Morgan fingerprint density at radius 2 is 2.33 bits per heavy atom. The third kappa shape index (κ3) is 1.22. The Kier molecular flexibility index (Phi) is 1.73. The molecule has 2 N–H and O–H groups in total. The third-order valence-electron chi connectivity index (χ3n) is 1.80. The molecule has 0 aromatic heterocycles. The van der Waals surface area contributed by atoms with Crippen LogP contribution < -0.4 is 5.73 Å². The first-order chi connectivity index (χ1) is 4.21. The summed E-state index contributed by atoms with van der Waals surface area (Å²) in [6.45, 7) is 0.697. The van der Waals surface area contributed by atoms with Gasteiger partial charge in [0.2, 0.25) is 0 Å². The van der Waals surface area contributed by atoms with Gasteiger partial charge in [-0.3, -0.25) is 0 Å². The van der Waals surface area contributed by atoms with Crippen molar-refractivity contribution < 1.29 is 4.74 Å². The summed E-state index contributed by atoms with van der Waals surface area (Å²) in [5.74, 6) is 0. The molecule has 0 bridgehead atoms. The van der Waals surface area contributed by atoms with Gasteiger partial charge in [0.1, 0.15) is 0 Å². The molecule has 0 aliphatic heterocycles. The maximum absolute atomic E-state index is 5.47. The molecule has 0 heterocycles. The number of hydrogen-bond acceptors (Lipinski definition) is 2. The molecule has 1 aliphatic carbocycles. The Bertz CT molecular complexity index is 131. The normalized spacial score (nSPS) is 21.4. The van der Waals surface area contributed by atoms with Gasteiger partial charge in [-0.15, -0.1) is 0 Å². The summed E-state index contributed by atoms with van der Waals surface area (Å²) in [6.07, 6.45) is 2.21. The molecule has 0 unspecified atom stereocenters. The highest BCUT2D eigenvalue weighted by molar-refractivity contribution is 7.80. The van der Waals surface area contributed by atoms with Crippen molar-refractivity contribution >= 4 is 17.2 Å². The monoisotopic (exact) mass is 145 g/mol. The number of nitrogens with two attached hydrogens (primary N) is 1. The molecule has 0 atom stereocenters. The topological polar surface area (TPSA) is 35.2 Å². The minimum absolute atomic E-state index is 0.0874. The number of thiocarbonyl (C=S) groups is 1. The van der Waals surface area contributed by atoms with E-state index >= 15 is 0 Å². The molecule has 0 saturated heterocycles. The molecular weight excluding hydrogens is 134 g/mol. The summed E-state index contributed by atoms with van der Waals surface area (Å²) >= 11 is 4.86. The van der Waals surface area contributed by atoms with Gasteiger partial charge in [-0.1, -0.05) is 12.2 Å². The van der Waals surface area contributed by atoms with E-state index in [9.17, 15) is 0 Å². The SMILES string of the molecule is COCC1(C(N)=S)CC1. The van der Waals surface area contributed by atoms with Crippen molar-refractivity contribution in [2.75, 3.05) is 13.7 Å². The third-order valence-corrected chi connectivity index (χ3v) is 2.23. The van der Waals surface area contributed by atoms with E-state index in [1.807, 2.05) is 0 Å². The molecule has 0 amide bonds. The van der Waals surface area contributed by atoms with Gasteiger partial charge in [-0.25, -0.2) is 0 Å². The van der Waals surface area contributed by atoms with Gasteiger partial charge in [0.25, 0.3) is 0 Å². The van der Waals surface area contributed by atoms with Crippen molar-refractivity contribution in [3.63, 3.8) is 0 Å². The molecule has 9 heavy (non-hydrogen) atoms. The number of ether oxygens (including phenoxy) is 1. The zero-order chi connectivity index (χ0) is 6.91. The fourth-order valence-electron chi connectivity index (χ4n) is 0.889. The second-order valence-corrected chi connectivity index (χ2v) is 3.02. The van der Waals surface area contributed by atoms with Gasteiger partial charge in [-0.05, 0) is 12.8 Å². The summed E-state index contributed by atoms with van der Waals surface area (Å²) in [7, 11) is 1.68. The molecule has 1 saturated carbocycles. The lowest BCUT2D eigenvalue weighted by Gasteiger charge is -2.09. The van der Waals surface area contributed by atoms with Crippen LogP contribution in [0.1, 0.15) is 12.8 Å². The summed E-state index contributed by atoms with van der Waals surface area (Å²) in [6, 6.07) is 0. The molecule has 2 nitrogen and oxygen atoms in total. The minimum Gasteiger partial charge on any atom is -0.393 e. The van der Waals surface area contributed by atoms with Crippen molar-refractivity contribution in [3.05, 3.63) is 0 Å². The molecule has 1 rings (SSSR count). The predicted octanol–water partition coefficient (Wildman–Crippen LogP) is 0.699. The number of rotatable bonds is 3. The maximum Gasteiger partial charge on any atom is 0.0813 e. The van der Waals surface area contributed by atoms with Crippen LogP contribution >= 0.6 is 12.2 Å². The molecular formula is C6H11NOS. The van der Waals surface area contributed by atoms with Crippen LogP contribution in [0.3, 0.4) is 0 Å². The van der Waals surface area contributed by atoms with Gasteiger partial charge >= 0.3 is 0 Å². The number of hydrogen-bond donors (Lipinski definition) is 1. The molecule has 0 aromatic carbocycles. The van der Waals surface area contributed by atoms with Crippen LogP contribution in [0.25, 0.3) is 0 Å². The van der Waals surface area contributed by atoms with Gasteiger partial charge < -0.3 is 10.5 Å². The first-order valence-corrected chi connectivity index (χ1v) is 3.41. The van der Waals surface area contributed by atoms with Crippen LogP contribution in [0.2, 0.25) is 0 Å². The molecule has 52 valence electrons. The minimum atomic E-state index is 0.0874. The van der Waals surface area contributed by atoms with Crippen LogP contribution in [0.4, 0.5) is 0 Å². The standard InChI is InChI=1S/C6H11NOS/c1-8-4-6(2-3-6)5(7)9/h2-4H2,1H3,(H2,7,9). The fraction of sp³-hybridized carbons (Fsp3) is 0.833. The zero-order valence-electron chi connectivity index (χ0n) is 5.52. The smallest absolute Gasteiger partial charge is 0.0813 e. The lowest BCUT2D eigenvalue weighted by Crippen LogP contribution is -2.26. The summed E-state index contributed by atoms with van der Waals surface area (Å²) in [5.41, 5.74) is 5.56. The first-order valence-electron chi connectivity index (χ1n) is 3.00. The summed E-state index contributed by atoms with van der Waals surface area (Å²) in [5, 5.41) is 0. The largest absolute Gasteiger partial charge is 0.393 e. The van der Waals surface area contributed by atoms with Crippen molar-refractivity contribution in [2.24, 2.45) is 11.1 Å². The van der Waals surface area contributed by atoms with Gasteiger partial charge in [0.05, 0.1) is 11.6 Å². The van der Waals surface area contributed by atoms with E-state index in [-0.39, 0.29) is 5.41 Å². The lowest BCUT2D eigenvalue weighted by atomic mass is 10.1. The molecule has 1 aliphatic rings. The molecule has 0 spiro atoms. The zero-order valence-corrected chi connectivity index (χ0v) is 6.33. The van der Waals surface area contributed by atoms with E-state index in [1.165, 1.54) is 0 Å². The lowest BCUT2D eigenvalue weighted by molar-refractivity contribution is 0.169. The van der Waals surface area contributed by atoms with Crippen LogP contribution in [-0.2, 0) is 4.74 Å².